The zero-order valence-electron chi connectivity index (χ0n) is 5.22. The molecule has 0 fully saturated rings. The van der Waals surface area contributed by atoms with Gasteiger partial charge in [-0.15, -0.1) is 11.3 Å². The van der Waals surface area contributed by atoms with E-state index in [1.54, 1.807) is 11.3 Å². The summed E-state index contributed by atoms with van der Waals surface area (Å²) in [5.74, 6) is 0. The molecule has 1 nitrogen and oxygen atoms in total. The molecule has 3 heteroatoms. The van der Waals surface area contributed by atoms with Crippen molar-refractivity contribution in [2.45, 2.75) is 13.5 Å². The van der Waals surface area contributed by atoms with Gasteiger partial charge in [0, 0.05) is 11.4 Å². The minimum atomic E-state index is 0.868. The highest BCUT2D eigenvalue weighted by atomic mass is 32.1. The third kappa shape index (κ3) is 1.71. The van der Waals surface area contributed by atoms with Gasteiger partial charge >= 0.3 is 0 Å². The first kappa shape index (κ1) is 7.12. The van der Waals surface area contributed by atoms with Gasteiger partial charge in [0.2, 0.25) is 0 Å². The second-order valence-electron chi connectivity index (χ2n) is 1.86. The van der Waals surface area contributed by atoms with Crippen molar-refractivity contribution in [1.82, 2.24) is 4.72 Å². The van der Waals surface area contributed by atoms with E-state index in [-0.39, 0.29) is 0 Å². The normalized spacial score (nSPS) is 10.0. The fraction of sp³-hybridized carbons (Fsp3) is 0.333. The maximum Gasteiger partial charge on any atom is 0.0404 e. The van der Waals surface area contributed by atoms with Gasteiger partial charge in [-0.1, -0.05) is 12.8 Å². The van der Waals surface area contributed by atoms with Crippen LogP contribution in [0.5, 0.6) is 0 Å². The lowest BCUT2D eigenvalue weighted by Gasteiger charge is -1.93. The number of nitrogens with one attached hydrogen (secondary N) is 1. The van der Waals surface area contributed by atoms with Crippen LogP contribution in [-0.4, -0.2) is 0 Å². The molecule has 50 valence electrons. The first-order valence-corrected chi connectivity index (χ1v) is 4.07. The first-order chi connectivity index (χ1) is 4.34. The third-order valence-electron chi connectivity index (χ3n) is 1.21. The van der Waals surface area contributed by atoms with Gasteiger partial charge in [0.15, 0.2) is 0 Å². The van der Waals surface area contributed by atoms with Gasteiger partial charge in [0.25, 0.3) is 0 Å². The fourth-order valence-corrected chi connectivity index (χ4v) is 1.77. The van der Waals surface area contributed by atoms with E-state index in [0.717, 1.165) is 6.54 Å². The number of thiophene rings is 1. The monoisotopic (exact) mass is 159 g/mol. The fourth-order valence-electron chi connectivity index (χ4n) is 0.657. The molecule has 0 aliphatic rings. The SMILES string of the molecule is Cc1ccsc1CNS. The third-order valence-corrected chi connectivity index (χ3v) is 2.39. The molecule has 0 amide bonds. The van der Waals surface area contributed by atoms with Crippen LogP contribution in [0.3, 0.4) is 0 Å². The average Bonchev–Trinajstić information content (AvgIpc) is 2.18. The van der Waals surface area contributed by atoms with Gasteiger partial charge in [-0.25, -0.2) is 0 Å². The summed E-state index contributed by atoms with van der Waals surface area (Å²) < 4.78 is 2.82. The Kier molecular flexibility index (Phi) is 2.57. The highest BCUT2D eigenvalue weighted by Gasteiger charge is 1.95. The van der Waals surface area contributed by atoms with Crippen LogP contribution in [0.25, 0.3) is 0 Å². The molecule has 0 unspecified atom stereocenters. The van der Waals surface area contributed by atoms with Gasteiger partial charge in [-0.3, -0.25) is 4.72 Å². The Balaban J connectivity index is 2.69. The number of hydrogen-bond acceptors (Lipinski definition) is 3. The molecule has 1 rings (SSSR count). The quantitative estimate of drug-likeness (QED) is 0.629. The molecule has 0 atom stereocenters. The summed E-state index contributed by atoms with van der Waals surface area (Å²) in [5, 5.41) is 2.09. The predicted molar refractivity (Wildman–Crippen MR) is 44.9 cm³/mol. The van der Waals surface area contributed by atoms with Crippen LogP contribution in [0, 0.1) is 6.92 Å². The molecular formula is C6H9NS2. The molecule has 0 radical (unpaired) electrons. The van der Waals surface area contributed by atoms with Gasteiger partial charge in [0.05, 0.1) is 0 Å². The van der Waals surface area contributed by atoms with E-state index in [1.807, 2.05) is 0 Å². The standard InChI is InChI=1S/C6H9NS2/c1-5-2-3-9-6(5)4-7-8/h2-3,7-8H,4H2,1H3. The maximum absolute atomic E-state index is 3.91. The van der Waals surface area contributed by atoms with E-state index < -0.39 is 0 Å². The lowest BCUT2D eigenvalue weighted by atomic mass is 10.3. The molecule has 1 N–H and O–H groups in total. The summed E-state index contributed by atoms with van der Waals surface area (Å²) in [6.07, 6.45) is 0. The number of aryl methyl sites for hydroxylation is 1. The van der Waals surface area contributed by atoms with Crippen molar-refractivity contribution >= 4 is 24.2 Å². The summed E-state index contributed by atoms with van der Waals surface area (Å²) in [6.45, 7) is 2.98. The summed E-state index contributed by atoms with van der Waals surface area (Å²) in [4.78, 5) is 1.37. The highest BCUT2D eigenvalue weighted by molar-refractivity contribution is 7.78. The van der Waals surface area contributed by atoms with Crippen molar-refractivity contribution in [2.24, 2.45) is 0 Å². The Morgan fingerprint density at radius 3 is 3.00 bits per heavy atom. The Hall–Kier alpha value is 0.01000. The lowest BCUT2D eigenvalue weighted by molar-refractivity contribution is 1.000. The van der Waals surface area contributed by atoms with Crippen molar-refractivity contribution in [2.75, 3.05) is 0 Å². The Bertz CT molecular complexity index is 183. The molecule has 1 heterocycles. The summed E-state index contributed by atoms with van der Waals surface area (Å²) in [6, 6.07) is 2.12. The molecule has 9 heavy (non-hydrogen) atoms. The number of rotatable bonds is 2. The smallest absolute Gasteiger partial charge is 0.0404 e. The average molecular weight is 159 g/mol. The molecule has 1 aromatic rings. The van der Waals surface area contributed by atoms with Gasteiger partial charge in [-0.05, 0) is 23.9 Å². The first-order valence-electron chi connectivity index (χ1n) is 2.74. The molecule has 0 bridgehead atoms. The van der Waals surface area contributed by atoms with Crippen LogP contribution in [0.1, 0.15) is 10.4 Å². The minimum absolute atomic E-state index is 0.868. The van der Waals surface area contributed by atoms with E-state index in [2.05, 4.69) is 35.9 Å². The van der Waals surface area contributed by atoms with Gasteiger partial charge < -0.3 is 0 Å². The van der Waals surface area contributed by atoms with E-state index in [9.17, 15) is 0 Å². The van der Waals surface area contributed by atoms with E-state index >= 15 is 0 Å². The second kappa shape index (κ2) is 3.25. The zero-order chi connectivity index (χ0) is 6.69. The summed E-state index contributed by atoms with van der Waals surface area (Å²) >= 11 is 5.67. The van der Waals surface area contributed by atoms with Crippen LogP contribution < -0.4 is 4.72 Å². The Labute approximate surface area is 64.6 Å². The molecule has 0 spiro atoms. The highest BCUT2D eigenvalue weighted by Crippen LogP contribution is 2.14. The molecular weight excluding hydrogens is 150 g/mol. The van der Waals surface area contributed by atoms with Crippen molar-refractivity contribution in [3.8, 4) is 0 Å². The zero-order valence-corrected chi connectivity index (χ0v) is 6.93. The van der Waals surface area contributed by atoms with Gasteiger partial charge in [0.1, 0.15) is 0 Å². The molecule has 0 saturated carbocycles. The summed E-state index contributed by atoms with van der Waals surface area (Å²) in [7, 11) is 0. The lowest BCUT2D eigenvalue weighted by Crippen LogP contribution is -1.96. The van der Waals surface area contributed by atoms with Crippen molar-refractivity contribution in [1.29, 1.82) is 0 Å². The summed E-state index contributed by atoms with van der Waals surface area (Å²) in [5.41, 5.74) is 1.35. The van der Waals surface area contributed by atoms with Crippen LogP contribution in [0.4, 0.5) is 0 Å². The van der Waals surface area contributed by atoms with Crippen LogP contribution in [-0.2, 0) is 6.54 Å². The molecule has 0 aliphatic carbocycles. The van der Waals surface area contributed by atoms with Crippen molar-refractivity contribution in [3.05, 3.63) is 21.9 Å². The Morgan fingerprint density at radius 1 is 1.78 bits per heavy atom. The van der Waals surface area contributed by atoms with Crippen molar-refractivity contribution < 1.29 is 0 Å². The topological polar surface area (TPSA) is 12.0 Å². The molecule has 0 saturated heterocycles. The Morgan fingerprint density at radius 2 is 2.56 bits per heavy atom. The molecule has 1 aromatic heterocycles. The van der Waals surface area contributed by atoms with Crippen LogP contribution in [0.2, 0.25) is 0 Å². The van der Waals surface area contributed by atoms with Crippen LogP contribution in [0.15, 0.2) is 11.4 Å². The number of thiol groups is 1. The predicted octanol–water partition coefficient (Wildman–Crippen LogP) is 1.99. The van der Waals surface area contributed by atoms with E-state index in [4.69, 9.17) is 0 Å². The van der Waals surface area contributed by atoms with E-state index in [1.165, 1.54) is 10.4 Å². The molecule has 0 aliphatic heterocycles. The maximum atomic E-state index is 3.91. The van der Waals surface area contributed by atoms with E-state index in [0.29, 0.717) is 0 Å². The molecule has 0 aromatic carbocycles. The van der Waals surface area contributed by atoms with Crippen LogP contribution >= 0.6 is 24.2 Å². The minimum Gasteiger partial charge on any atom is -0.262 e. The van der Waals surface area contributed by atoms with Gasteiger partial charge in [-0.2, -0.15) is 0 Å². The second-order valence-corrected chi connectivity index (χ2v) is 3.18. The van der Waals surface area contributed by atoms with Crippen molar-refractivity contribution in [3.63, 3.8) is 0 Å². The number of hydrogen-bond donors (Lipinski definition) is 2. The largest absolute Gasteiger partial charge is 0.262 e.